The smallest absolute Gasteiger partial charge is 0.232 e. The molecule has 1 aromatic heterocycles. The molecule has 7 heteroatoms. The lowest BCUT2D eigenvalue weighted by molar-refractivity contribution is 0.432. The second kappa shape index (κ2) is 6.50. The monoisotopic (exact) mass is 304 g/mol. The van der Waals surface area contributed by atoms with E-state index in [-0.39, 0.29) is 21.8 Å². The average molecular weight is 304 g/mol. The van der Waals surface area contributed by atoms with Gasteiger partial charge >= 0.3 is 0 Å². The average Bonchev–Trinajstić information content (AvgIpc) is 2.44. The number of aromatic nitrogens is 2. The summed E-state index contributed by atoms with van der Waals surface area (Å²) in [5.41, 5.74) is 6.86. The number of thiocyanates is 1. The van der Waals surface area contributed by atoms with Crippen molar-refractivity contribution in [3.63, 3.8) is 0 Å². The summed E-state index contributed by atoms with van der Waals surface area (Å²) in [5.74, 6) is -0.140. The number of hydrogen-bond acceptors (Lipinski definition) is 7. The van der Waals surface area contributed by atoms with Crippen molar-refractivity contribution < 1.29 is 5.11 Å². The summed E-state index contributed by atoms with van der Waals surface area (Å²) in [4.78, 5) is 8.29. The molecule has 3 N–H and O–H groups in total. The fourth-order valence-corrected chi connectivity index (χ4v) is 2.86. The maximum Gasteiger partial charge on any atom is 0.232 e. The van der Waals surface area contributed by atoms with Crippen LogP contribution in [-0.2, 0) is 0 Å². The summed E-state index contributed by atoms with van der Waals surface area (Å²) >= 11 is 2.15. The van der Waals surface area contributed by atoms with Crippen molar-refractivity contribution in [2.75, 3.05) is 5.73 Å². The highest BCUT2D eigenvalue weighted by Crippen LogP contribution is 2.37. The van der Waals surface area contributed by atoms with Crippen LogP contribution in [0.5, 0.6) is 5.88 Å². The van der Waals surface area contributed by atoms with Crippen LogP contribution < -0.4 is 5.73 Å². The SMILES string of the molecule is C[C@H](Sc1nc(N)c(SC#N)c(O)n1)c1ccccc1. The highest BCUT2D eigenvalue weighted by Gasteiger charge is 2.15. The first-order chi connectivity index (χ1) is 9.61. The molecule has 0 bridgehead atoms. The molecule has 1 atom stereocenters. The van der Waals surface area contributed by atoms with Gasteiger partial charge in [-0.3, -0.25) is 0 Å². The molecule has 2 rings (SSSR count). The van der Waals surface area contributed by atoms with E-state index in [1.54, 1.807) is 0 Å². The van der Waals surface area contributed by atoms with E-state index in [0.717, 1.165) is 17.3 Å². The normalized spacial score (nSPS) is 11.8. The van der Waals surface area contributed by atoms with Crippen LogP contribution in [0.25, 0.3) is 0 Å². The van der Waals surface area contributed by atoms with Crippen LogP contribution in [0.3, 0.4) is 0 Å². The van der Waals surface area contributed by atoms with Gasteiger partial charge in [0.15, 0.2) is 5.16 Å². The topological polar surface area (TPSA) is 95.8 Å². The molecule has 0 unspecified atom stereocenters. The number of benzene rings is 1. The van der Waals surface area contributed by atoms with Crippen molar-refractivity contribution in [2.24, 2.45) is 0 Å². The first-order valence-electron chi connectivity index (χ1n) is 5.76. The van der Waals surface area contributed by atoms with E-state index in [1.165, 1.54) is 11.8 Å². The lowest BCUT2D eigenvalue weighted by Crippen LogP contribution is -1.99. The Morgan fingerprint density at radius 2 is 2.00 bits per heavy atom. The maximum absolute atomic E-state index is 9.77. The maximum atomic E-state index is 9.77. The van der Waals surface area contributed by atoms with Gasteiger partial charge in [0, 0.05) is 5.25 Å². The number of nitrogens with two attached hydrogens (primary N) is 1. The van der Waals surface area contributed by atoms with Crippen LogP contribution in [0.4, 0.5) is 5.82 Å². The van der Waals surface area contributed by atoms with Crippen molar-refractivity contribution in [2.45, 2.75) is 22.2 Å². The van der Waals surface area contributed by atoms with Crippen molar-refractivity contribution in [3.05, 3.63) is 35.9 Å². The Balaban J connectivity index is 2.21. The van der Waals surface area contributed by atoms with Crippen LogP contribution in [0, 0.1) is 10.7 Å². The Morgan fingerprint density at radius 3 is 2.60 bits per heavy atom. The van der Waals surface area contributed by atoms with Gasteiger partial charge in [-0.25, -0.2) is 4.98 Å². The zero-order valence-electron chi connectivity index (χ0n) is 10.6. The standard InChI is InChI=1S/C13H12N4OS2/c1-8(9-5-3-2-4-6-9)20-13-16-11(15)10(19-7-14)12(18)17-13/h2-6,8H,1H3,(H3,15,16,17,18)/t8-/m0/s1. The Morgan fingerprint density at radius 1 is 1.30 bits per heavy atom. The molecule has 102 valence electrons. The van der Waals surface area contributed by atoms with E-state index < -0.39 is 0 Å². The van der Waals surface area contributed by atoms with Gasteiger partial charge in [0.25, 0.3) is 0 Å². The van der Waals surface area contributed by atoms with Crippen LogP contribution in [0.1, 0.15) is 17.7 Å². The molecule has 0 radical (unpaired) electrons. The molecule has 0 saturated heterocycles. The third kappa shape index (κ3) is 3.35. The summed E-state index contributed by atoms with van der Waals surface area (Å²) in [6, 6.07) is 9.91. The predicted octanol–water partition coefficient (Wildman–Crippen LogP) is 3.19. The van der Waals surface area contributed by atoms with E-state index in [9.17, 15) is 5.11 Å². The summed E-state index contributed by atoms with van der Waals surface area (Å²) in [5, 5.41) is 20.7. The van der Waals surface area contributed by atoms with Crippen molar-refractivity contribution in [3.8, 4) is 11.3 Å². The number of aromatic hydroxyl groups is 1. The summed E-state index contributed by atoms with van der Waals surface area (Å²) in [7, 11) is 0. The van der Waals surface area contributed by atoms with Crippen LogP contribution >= 0.6 is 23.5 Å². The Bertz CT molecular complexity index is 620. The fraction of sp³-hybridized carbons (Fsp3) is 0.154. The van der Waals surface area contributed by atoms with E-state index in [1.807, 2.05) is 42.7 Å². The van der Waals surface area contributed by atoms with Gasteiger partial charge < -0.3 is 10.8 Å². The molecular formula is C13H12N4OS2. The number of thioether (sulfide) groups is 2. The molecule has 0 aliphatic heterocycles. The molecule has 5 nitrogen and oxygen atoms in total. The van der Waals surface area contributed by atoms with Gasteiger partial charge in [0.2, 0.25) is 5.88 Å². The molecule has 0 spiro atoms. The highest BCUT2D eigenvalue weighted by molar-refractivity contribution is 8.04. The quantitative estimate of drug-likeness (QED) is 0.508. The van der Waals surface area contributed by atoms with Gasteiger partial charge in [-0.1, -0.05) is 42.1 Å². The Hall–Kier alpha value is -1.91. The second-order valence-corrected chi connectivity index (χ2v) is 6.01. The minimum Gasteiger partial charge on any atom is -0.492 e. The first kappa shape index (κ1) is 14.5. The molecule has 2 aromatic rings. The Kier molecular flexibility index (Phi) is 4.71. The molecule has 0 fully saturated rings. The van der Waals surface area contributed by atoms with Gasteiger partial charge in [0.1, 0.15) is 16.1 Å². The zero-order chi connectivity index (χ0) is 14.5. The third-order valence-corrected chi connectivity index (χ3v) is 4.26. The van der Waals surface area contributed by atoms with Crippen LogP contribution in [0.2, 0.25) is 0 Å². The molecule has 20 heavy (non-hydrogen) atoms. The van der Waals surface area contributed by atoms with Gasteiger partial charge in [-0.05, 0) is 24.2 Å². The van der Waals surface area contributed by atoms with Gasteiger partial charge in [-0.2, -0.15) is 10.2 Å². The third-order valence-electron chi connectivity index (χ3n) is 2.55. The second-order valence-electron chi connectivity index (χ2n) is 3.91. The lowest BCUT2D eigenvalue weighted by atomic mass is 10.2. The summed E-state index contributed by atoms with van der Waals surface area (Å²) < 4.78 is 0. The first-order valence-corrected chi connectivity index (χ1v) is 7.45. The fourth-order valence-electron chi connectivity index (χ4n) is 1.58. The van der Waals surface area contributed by atoms with Crippen molar-refractivity contribution >= 4 is 29.3 Å². The molecule has 1 aromatic carbocycles. The molecule has 0 amide bonds. The number of nitrogen functional groups attached to an aromatic ring is 1. The van der Waals surface area contributed by atoms with E-state index in [4.69, 9.17) is 11.0 Å². The number of nitrogens with zero attached hydrogens (tertiary/aromatic N) is 3. The minimum absolute atomic E-state index is 0.117. The highest BCUT2D eigenvalue weighted by atomic mass is 32.2. The summed E-state index contributed by atoms with van der Waals surface area (Å²) in [6.45, 7) is 2.02. The van der Waals surface area contributed by atoms with Gasteiger partial charge in [-0.15, -0.1) is 0 Å². The van der Waals surface area contributed by atoms with E-state index >= 15 is 0 Å². The van der Waals surface area contributed by atoms with E-state index in [0.29, 0.717) is 5.16 Å². The molecule has 0 saturated carbocycles. The van der Waals surface area contributed by atoms with Gasteiger partial charge in [0.05, 0.1) is 0 Å². The molecular weight excluding hydrogens is 292 g/mol. The Labute approximate surface area is 125 Å². The zero-order valence-corrected chi connectivity index (χ0v) is 12.3. The molecule has 0 aliphatic carbocycles. The number of rotatable bonds is 4. The molecule has 0 aliphatic rings. The number of hydrogen-bond donors (Lipinski definition) is 2. The minimum atomic E-state index is -0.258. The van der Waals surface area contributed by atoms with Crippen molar-refractivity contribution in [1.29, 1.82) is 5.26 Å². The molecule has 1 heterocycles. The van der Waals surface area contributed by atoms with Crippen LogP contribution in [0.15, 0.2) is 40.4 Å². The van der Waals surface area contributed by atoms with Crippen molar-refractivity contribution in [1.82, 2.24) is 9.97 Å². The van der Waals surface area contributed by atoms with Crippen LogP contribution in [-0.4, -0.2) is 15.1 Å². The van der Waals surface area contributed by atoms with E-state index in [2.05, 4.69) is 9.97 Å². The largest absolute Gasteiger partial charge is 0.492 e. The number of anilines is 1. The predicted molar refractivity (Wildman–Crippen MR) is 80.3 cm³/mol. The number of nitriles is 1. The summed E-state index contributed by atoms with van der Waals surface area (Å²) in [6.07, 6.45) is 0. The lowest BCUT2D eigenvalue weighted by Gasteiger charge is -2.11.